The van der Waals surface area contributed by atoms with E-state index < -0.39 is 5.97 Å². The molecule has 0 saturated heterocycles. The minimum absolute atomic E-state index is 0.0959. The minimum atomic E-state index is -1.02. The van der Waals surface area contributed by atoms with Gasteiger partial charge in [0.05, 0.1) is 11.1 Å². The molecule has 4 aromatic carbocycles. The molecule has 0 aliphatic carbocycles. The minimum Gasteiger partial charge on any atom is -0.505 e. The van der Waals surface area contributed by atoms with Gasteiger partial charge in [-0.2, -0.15) is 0 Å². The Kier molecular flexibility index (Phi) is 5.96. The number of hydrogen-bond donors (Lipinski definition) is 4. The Morgan fingerprint density at radius 2 is 1.53 bits per heavy atom. The van der Waals surface area contributed by atoms with Gasteiger partial charge in [-0.15, -0.1) is 10.2 Å². The molecule has 0 fully saturated rings. The van der Waals surface area contributed by atoms with Crippen molar-refractivity contribution in [3.8, 4) is 33.9 Å². The molecule has 0 atom stereocenters. The topological polar surface area (TPSA) is 118 Å². The van der Waals surface area contributed by atoms with E-state index in [-0.39, 0.29) is 28.6 Å². The van der Waals surface area contributed by atoms with Gasteiger partial charge >= 0.3 is 5.97 Å². The summed E-state index contributed by atoms with van der Waals surface area (Å²) < 4.78 is 0. The lowest BCUT2D eigenvalue weighted by atomic mass is 10.0. The zero-order chi connectivity index (χ0) is 25.2. The number of para-hydroxylation sites is 1. The van der Waals surface area contributed by atoms with Gasteiger partial charge in [-0.1, -0.05) is 61.5 Å². The molecule has 0 saturated carbocycles. The van der Waals surface area contributed by atoms with Crippen LogP contribution in [0.3, 0.4) is 0 Å². The molecule has 178 valence electrons. The van der Waals surface area contributed by atoms with Crippen molar-refractivity contribution in [2.45, 2.75) is 13.3 Å². The average Bonchev–Trinajstić information content (AvgIpc) is 3.22. The fourth-order valence-electron chi connectivity index (χ4n) is 4.12. The number of carboxylic acids is 1. The maximum absolute atomic E-state index is 11.1. The van der Waals surface area contributed by atoms with Gasteiger partial charge in [0.25, 0.3) is 0 Å². The third-order valence-corrected chi connectivity index (χ3v) is 6.16. The second-order valence-corrected chi connectivity index (χ2v) is 8.39. The van der Waals surface area contributed by atoms with Crippen molar-refractivity contribution >= 4 is 28.2 Å². The molecule has 0 radical (unpaired) electrons. The monoisotopic (exact) mass is 477 g/mol. The largest absolute Gasteiger partial charge is 0.505 e. The Morgan fingerprint density at radius 3 is 2.22 bits per heavy atom. The second kappa shape index (κ2) is 9.38. The van der Waals surface area contributed by atoms with E-state index in [4.69, 9.17) is 5.11 Å². The van der Waals surface area contributed by atoms with Crippen molar-refractivity contribution in [1.82, 2.24) is 4.98 Å². The fourth-order valence-corrected chi connectivity index (χ4v) is 4.12. The first kappa shape index (κ1) is 22.9. The quantitative estimate of drug-likeness (QED) is 0.188. The van der Waals surface area contributed by atoms with Crippen LogP contribution < -0.4 is 0 Å². The molecule has 5 aromatic rings. The lowest BCUT2D eigenvalue weighted by Crippen LogP contribution is -1.94. The number of benzene rings is 4. The number of nitrogens with zero attached hydrogens (tertiary/aromatic N) is 2. The normalized spacial score (nSPS) is 11.4. The first-order valence-electron chi connectivity index (χ1n) is 11.5. The summed E-state index contributed by atoms with van der Waals surface area (Å²) in [5.74, 6) is -1.23. The highest BCUT2D eigenvalue weighted by molar-refractivity contribution is 5.96. The van der Waals surface area contributed by atoms with Crippen molar-refractivity contribution in [2.75, 3.05) is 0 Å². The summed E-state index contributed by atoms with van der Waals surface area (Å²) in [6.07, 6.45) is 0.980. The number of H-pyrrole nitrogens is 1. The number of aromatic carboxylic acids is 1. The molecule has 36 heavy (non-hydrogen) atoms. The van der Waals surface area contributed by atoms with Gasteiger partial charge in [0.15, 0.2) is 11.4 Å². The van der Waals surface area contributed by atoms with Crippen LogP contribution in [0.25, 0.3) is 33.2 Å². The average molecular weight is 478 g/mol. The van der Waals surface area contributed by atoms with Gasteiger partial charge in [-0.05, 0) is 59.0 Å². The van der Waals surface area contributed by atoms with Crippen LogP contribution in [0.2, 0.25) is 0 Å². The van der Waals surface area contributed by atoms with Crippen LogP contribution >= 0.6 is 0 Å². The standard InChI is InChI=1S/C29H23N3O4/c1-2-17-6-8-18(9-7-17)21-14-15-23-25(16-21)30-28(34)26(23)32-31-24-5-3-4-22(27(24)33)19-10-12-20(13-11-19)29(35)36/h3-16,30,33-34H,2H2,1H3,(H,35,36). The predicted octanol–water partition coefficient (Wildman–Crippen LogP) is 7.59. The van der Waals surface area contributed by atoms with Crippen LogP contribution in [0.4, 0.5) is 11.4 Å². The van der Waals surface area contributed by atoms with Crippen molar-refractivity contribution < 1.29 is 20.1 Å². The molecule has 1 heterocycles. The molecule has 5 rings (SSSR count). The number of aryl methyl sites for hydroxylation is 1. The van der Waals surface area contributed by atoms with Crippen LogP contribution in [-0.4, -0.2) is 26.3 Å². The molecule has 0 aliphatic heterocycles. The van der Waals surface area contributed by atoms with E-state index in [1.807, 2.05) is 18.2 Å². The van der Waals surface area contributed by atoms with Gasteiger partial charge in [0.1, 0.15) is 5.69 Å². The van der Waals surface area contributed by atoms with E-state index in [2.05, 4.69) is 46.4 Å². The van der Waals surface area contributed by atoms with Crippen molar-refractivity contribution in [2.24, 2.45) is 10.2 Å². The van der Waals surface area contributed by atoms with E-state index in [1.54, 1.807) is 30.3 Å². The van der Waals surface area contributed by atoms with Crippen LogP contribution in [0.1, 0.15) is 22.8 Å². The van der Waals surface area contributed by atoms with Gasteiger partial charge in [0.2, 0.25) is 5.88 Å². The highest BCUT2D eigenvalue weighted by Gasteiger charge is 2.14. The van der Waals surface area contributed by atoms with Crippen LogP contribution in [0, 0.1) is 0 Å². The summed E-state index contributed by atoms with van der Waals surface area (Å²) in [5, 5.41) is 39.5. The maximum Gasteiger partial charge on any atom is 0.335 e. The fraction of sp³-hybridized carbons (Fsp3) is 0.0690. The molecule has 7 nitrogen and oxygen atoms in total. The summed E-state index contributed by atoms with van der Waals surface area (Å²) >= 11 is 0. The molecule has 0 spiro atoms. The van der Waals surface area contributed by atoms with Gasteiger partial charge < -0.3 is 20.3 Å². The smallest absolute Gasteiger partial charge is 0.335 e. The number of aromatic amines is 1. The Morgan fingerprint density at radius 1 is 0.833 bits per heavy atom. The lowest BCUT2D eigenvalue weighted by Gasteiger charge is -2.07. The maximum atomic E-state index is 11.1. The Hall–Kier alpha value is -4.91. The third-order valence-electron chi connectivity index (χ3n) is 6.16. The highest BCUT2D eigenvalue weighted by Crippen LogP contribution is 2.41. The Labute approximate surface area is 207 Å². The number of carboxylic acid groups (broad SMARTS) is 1. The van der Waals surface area contributed by atoms with Crippen LogP contribution in [0.15, 0.2) is 95.2 Å². The molecule has 0 aliphatic rings. The Bertz CT molecular complexity index is 1600. The zero-order valence-electron chi connectivity index (χ0n) is 19.4. The highest BCUT2D eigenvalue weighted by atomic mass is 16.4. The number of carbonyl (C=O) groups is 1. The molecule has 4 N–H and O–H groups in total. The first-order chi connectivity index (χ1) is 17.4. The van der Waals surface area contributed by atoms with Crippen molar-refractivity contribution in [3.05, 3.63) is 96.1 Å². The summed E-state index contributed by atoms with van der Waals surface area (Å²) in [5.41, 5.74) is 5.85. The van der Waals surface area contributed by atoms with Gasteiger partial charge in [-0.3, -0.25) is 0 Å². The molecular weight excluding hydrogens is 454 g/mol. The van der Waals surface area contributed by atoms with E-state index >= 15 is 0 Å². The molecule has 7 heteroatoms. The summed E-state index contributed by atoms with van der Waals surface area (Å²) in [4.78, 5) is 14.1. The molecule has 0 unspecified atom stereocenters. The second-order valence-electron chi connectivity index (χ2n) is 8.39. The molecule has 0 amide bonds. The van der Waals surface area contributed by atoms with E-state index in [0.29, 0.717) is 16.5 Å². The number of phenols is 1. The number of nitrogens with one attached hydrogen (secondary N) is 1. The number of phenolic OH excluding ortho intramolecular Hbond substituents is 1. The molecule has 0 bridgehead atoms. The summed E-state index contributed by atoms with van der Waals surface area (Å²) in [6.45, 7) is 2.12. The number of fused-ring (bicyclic) bond motifs is 1. The third kappa shape index (κ3) is 4.30. The number of azo groups is 1. The van der Waals surface area contributed by atoms with Gasteiger partial charge in [0, 0.05) is 10.9 Å². The van der Waals surface area contributed by atoms with Gasteiger partial charge in [-0.25, -0.2) is 4.79 Å². The Balaban J connectivity index is 1.46. The lowest BCUT2D eigenvalue weighted by molar-refractivity contribution is 0.0697. The first-order valence-corrected chi connectivity index (χ1v) is 11.5. The van der Waals surface area contributed by atoms with Crippen molar-refractivity contribution in [3.63, 3.8) is 0 Å². The summed E-state index contributed by atoms with van der Waals surface area (Å²) in [7, 11) is 0. The van der Waals surface area contributed by atoms with Crippen LogP contribution in [0.5, 0.6) is 11.6 Å². The molecular formula is C29H23N3O4. The van der Waals surface area contributed by atoms with Crippen molar-refractivity contribution in [1.29, 1.82) is 0 Å². The van der Waals surface area contributed by atoms with E-state index in [0.717, 1.165) is 23.1 Å². The predicted molar refractivity (Wildman–Crippen MR) is 139 cm³/mol. The summed E-state index contributed by atoms with van der Waals surface area (Å²) in [6, 6.07) is 25.4. The van der Waals surface area contributed by atoms with Crippen LogP contribution in [-0.2, 0) is 6.42 Å². The van der Waals surface area contributed by atoms with E-state index in [9.17, 15) is 15.0 Å². The number of aromatic nitrogens is 1. The zero-order valence-corrected chi connectivity index (χ0v) is 19.4. The SMILES string of the molecule is CCc1ccc(-c2ccc3c(N=Nc4cccc(-c5ccc(C(=O)O)cc5)c4O)c(O)[nH]c3c2)cc1. The van der Waals surface area contributed by atoms with E-state index in [1.165, 1.54) is 17.7 Å². The molecule has 1 aromatic heterocycles. The number of hydrogen-bond acceptors (Lipinski definition) is 5. The number of rotatable bonds is 6. The number of aromatic hydroxyl groups is 2.